The summed E-state index contributed by atoms with van der Waals surface area (Å²) in [4.78, 5) is 13.0. The van der Waals surface area contributed by atoms with Gasteiger partial charge in [0.15, 0.2) is 6.29 Å². The summed E-state index contributed by atoms with van der Waals surface area (Å²) in [5.74, 6) is -0.774. The molecule has 62 heavy (non-hydrogen) atoms. The number of aliphatic hydroxyl groups excluding tert-OH is 7. The van der Waals surface area contributed by atoms with E-state index in [2.05, 4.69) is 43.5 Å². The average Bonchev–Trinajstić information content (AvgIpc) is 3.27. The van der Waals surface area contributed by atoms with Crippen molar-refractivity contribution in [1.82, 2.24) is 5.32 Å². The van der Waals surface area contributed by atoms with Crippen LogP contribution < -0.4 is 5.32 Å². The van der Waals surface area contributed by atoms with E-state index in [0.29, 0.717) is 12.8 Å². The first-order valence-corrected chi connectivity index (χ1v) is 25.4. The Morgan fingerprint density at radius 3 is 1.50 bits per heavy atom. The van der Waals surface area contributed by atoms with Crippen molar-refractivity contribution >= 4 is 5.91 Å². The zero-order valence-corrected chi connectivity index (χ0v) is 39.4. The molecule has 8 N–H and O–H groups in total. The van der Waals surface area contributed by atoms with Gasteiger partial charge in [0, 0.05) is 6.42 Å². The second-order valence-corrected chi connectivity index (χ2v) is 17.9. The summed E-state index contributed by atoms with van der Waals surface area (Å²) in [5, 5.41) is 75.6. The molecule has 364 valence electrons. The predicted octanol–water partition coefficient (Wildman–Crippen LogP) is 9.17. The van der Waals surface area contributed by atoms with Crippen LogP contribution in [0.5, 0.6) is 0 Å². The molecule has 9 atom stereocenters. The van der Waals surface area contributed by atoms with Crippen LogP contribution in [0.15, 0.2) is 36.5 Å². The molecule has 9 unspecified atom stereocenters. The van der Waals surface area contributed by atoms with Crippen LogP contribution in [0.25, 0.3) is 0 Å². The molecule has 0 radical (unpaired) electrons. The molecule has 0 aromatic heterocycles. The number of hydrogen-bond donors (Lipinski definition) is 8. The van der Waals surface area contributed by atoms with Crippen molar-refractivity contribution in [3.63, 3.8) is 0 Å². The van der Waals surface area contributed by atoms with Crippen molar-refractivity contribution in [3.05, 3.63) is 36.5 Å². The van der Waals surface area contributed by atoms with Crippen molar-refractivity contribution in [2.24, 2.45) is 0 Å². The van der Waals surface area contributed by atoms with Crippen molar-refractivity contribution in [1.29, 1.82) is 0 Å². The number of hydrogen-bond acceptors (Lipinski definition) is 10. The lowest BCUT2D eigenvalue weighted by Crippen LogP contribution is -2.60. The third-order valence-electron chi connectivity index (χ3n) is 12.2. The summed E-state index contributed by atoms with van der Waals surface area (Å²) in [6, 6.07) is -1.21. The molecule has 1 amide bonds. The first-order chi connectivity index (χ1) is 30.2. The van der Waals surface area contributed by atoms with Crippen LogP contribution in [0.4, 0.5) is 0 Å². The van der Waals surface area contributed by atoms with Gasteiger partial charge in [-0.15, -0.1) is 0 Å². The third kappa shape index (κ3) is 29.7. The van der Waals surface area contributed by atoms with Crippen LogP contribution in [-0.4, -0.2) is 110 Å². The predicted molar refractivity (Wildman–Crippen MR) is 252 cm³/mol. The van der Waals surface area contributed by atoms with Gasteiger partial charge in [0.05, 0.1) is 25.4 Å². The molecule has 1 fully saturated rings. The molecule has 11 nitrogen and oxygen atoms in total. The van der Waals surface area contributed by atoms with Gasteiger partial charge < -0.3 is 50.5 Å². The highest BCUT2D eigenvalue weighted by Crippen LogP contribution is 2.23. The molecule has 0 spiro atoms. The van der Waals surface area contributed by atoms with Crippen molar-refractivity contribution in [3.8, 4) is 0 Å². The lowest BCUT2D eigenvalue weighted by Gasteiger charge is -2.40. The molecule has 11 heteroatoms. The molecule has 1 saturated heterocycles. The van der Waals surface area contributed by atoms with Crippen LogP contribution in [0.3, 0.4) is 0 Å². The molecule has 1 heterocycles. The second-order valence-electron chi connectivity index (χ2n) is 17.9. The van der Waals surface area contributed by atoms with E-state index < -0.39 is 74.2 Å². The number of carbonyl (C=O) groups is 1. The topological polar surface area (TPSA) is 189 Å². The highest BCUT2D eigenvalue weighted by Gasteiger charge is 2.44. The van der Waals surface area contributed by atoms with E-state index in [0.717, 1.165) is 25.7 Å². The highest BCUT2D eigenvalue weighted by atomic mass is 16.7. The van der Waals surface area contributed by atoms with Crippen LogP contribution in [0, 0.1) is 0 Å². The zero-order chi connectivity index (χ0) is 45.5. The number of amides is 1. The van der Waals surface area contributed by atoms with Gasteiger partial charge in [-0.05, 0) is 51.4 Å². The van der Waals surface area contributed by atoms with Gasteiger partial charge in [-0.3, -0.25) is 4.79 Å². The van der Waals surface area contributed by atoms with Crippen LogP contribution in [0.1, 0.15) is 213 Å². The monoisotopic (exact) mass is 882 g/mol. The van der Waals surface area contributed by atoms with E-state index in [1.165, 1.54) is 148 Å². The minimum atomic E-state index is -1.68. The fourth-order valence-corrected chi connectivity index (χ4v) is 7.96. The molecule has 0 aromatic carbocycles. The molecule has 0 saturated carbocycles. The van der Waals surface area contributed by atoms with Gasteiger partial charge in [0.2, 0.25) is 5.91 Å². The van der Waals surface area contributed by atoms with Gasteiger partial charge in [0.1, 0.15) is 36.6 Å². The Balaban J connectivity index is 2.40. The second kappa shape index (κ2) is 40.8. The maximum absolute atomic E-state index is 13.0. The number of nitrogens with one attached hydrogen (secondary N) is 1. The Morgan fingerprint density at radius 2 is 1.02 bits per heavy atom. The van der Waals surface area contributed by atoms with Gasteiger partial charge in [-0.25, -0.2) is 0 Å². The van der Waals surface area contributed by atoms with E-state index in [1.807, 2.05) is 6.08 Å². The van der Waals surface area contributed by atoms with Crippen molar-refractivity contribution in [2.75, 3.05) is 13.2 Å². The lowest BCUT2D eigenvalue weighted by molar-refractivity contribution is -0.303. The lowest BCUT2D eigenvalue weighted by atomic mass is 9.99. The Kier molecular flexibility index (Phi) is 38.4. The van der Waals surface area contributed by atoms with Gasteiger partial charge in [-0.2, -0.15) is 0 Å². The number of ether oxygens (including phenoxy) is 2. The maximum Gasteiger partial charge on any atom is 0.249 e. The largest absolute Gasteiger partial charge is 0.394 e. The van der Waals surface area contributed by atoms with Crippen LogP contribution >= 0.6 is 0 Å². The average molecular weight is 882 g/mol. The fourth-order valence-electron chi connectivity index (χ4n) is 7.96. The molecule has 0 aromatic rings. The smallest absolute Gasteiger partial charge is 0.249 e. The molecule has 1 aliphatic rings. The SMILES string of the molecule is CCCCCCCC/C=C\C/C=C\CC(O)C(=O)NC(COC1OC(CO)C(O)C(O)C1O)C(O)C(O)CCC/C=C/CCCCCCCCCCCCCCCCCCCC. The number of aliphatic hydroxyl groups is 7. The van der Waals surface area contributed by atoms with Crippen LogP contribution in [-0.2, 0) is 14.3 Å². The standard InChI is InChI=1S/C51H95NO10/c1-3-5-7-9-11-13-15-17-18-19-20-21-22-23-24-25-26-27-29-30-32-34-36-38-43(54)46(56)42(41-61-51-49(59)48(58)47(57)45(40-53)62-51)52-50(60)44(55)39-37-35-33-31-28-16-14-12-10-8-6-4-2/h28,30-32,35,37,42-49,51,53-59H,3-27,29,33-34,36,38-41H2,1-2H3,(H,52,60)/b31-28-,32-30+,37-35-. The Bertz CT molecular complexity index is 1100. The zero-order valence-electron chi connectivity index (χ0n) is 39.4. The van der Waals surface area contributed by atoms with Gasteiger partial charge >= 0.3 is 0 Å². The molecule has 1 rings (SSSR count). The van der Waals surface area contributed by atoms with Crippen molar-refractivity contribution < 1.29 is 50.0 Å². The minimum Gasteiger partial charge on any atom is -0.394 e. The summed E-state index contributed by atoms with van der Waals surface area (Å²) in [5.41, 5.74) is 0. The quantitative estimate of drug-likeness (QED) is 0.0217. The Labute approximate surface area is 377 Å². The number of allylic oxidation sites excluding steroid dienone is 5. The first-order valence-electron chi connectivity index (χ1n) is 25.4. The first kappa shape index (κ1) is 58.3. The summed E-state index contributed by atoms with van der Waals surface area (Å²) >= 11 is 0. The van der Waals surface area contributed by atoms with E-state index in [4.69, 9.17) is 9.47 Å². The molecule has 0 aliphatic carbocycles. The molecular formula is C51H95NO10. The summed E-state index contributed by atoms with van der Waals surface area (Å²) in [6.07, 6.45) is 36.6. The fraction of sp³-hybridized carbons (Fsp3) is 0.863. The third-order valence-corrected chi connectivity index (χ3v) is 12.2. The van der Waals surface area contributed by atoms with E-state index >= 15 is 0 Å². The van der Waals surface area contributed by atoms with Gasteiger partial charge in [0.25, 0.3) is 0 Å². The molecular weight excluding hydrogens is 787 g/mol. The maximum atomic E-state index is 13.0. The van der Waals surface area contributed by atoms with Crippen LogP contribution in [0.2, 0.25) is 0 Å². The summed E-state index contributed by atoms with van der Waals surface area (Å²) in [6.45, 7) is 3.38. The van der Waals surface area contributed by atoms with E-state index in [-0.39, 0.29) is 12.8 Å². The minimum absolute atomic E-state index is 0.0435. The number of unbranched alkanes of at least 4 members (excludes halogenated alkanes) is 25. The van der Waals surface area contributed by atoms with Gasteiger partial charge in [-0.1, -0.05) is 192 Å². The van der Waals surface area contributed by atoms with E-state index in [9.17, 15) is 40.5 Å². The highest BCUT2D eigenvalue weighted by molar-refractivity contribution is 5.81. The van der Waals surface area contributed by atoms with Crippen molar-refractivity contribution in [2.45, 2.75) is 268 Å². The Morgan fingerprint density at radius 1 is 0.581 bits per heavy atom. The Hall–Kier alpha value is -1.67. The normalized spacial score (nSPS) is 21.6. The number of rotatable bonds is 42. The molecule has 1 aliphatic heterocycles. The van der Waals surface area contributed by atoms with E-state index in [1.54, 1.807) is 6.08 Å². The summed E-state index contributed by atoms with van der Waals surface area (Å²) in [7, 11) is 0. The summed E-state index contributed by atoms with van der Waals surface area (Å²) < 4.78 is 11.1. The molecule has 0 bridgehead atoms. The number of carbonyl (C=O) groups excluding carboxylic acids is 1.